The number of alkyl carbamates (subject to hydrolysis) is 1. The highest BCUT2D eigenvalue weighted by Crippen LogP contribution is 2.28. The minimum atomic E-state index is -0.594. The van der Waals surface area contributed by atoms with Gasteiger partial charge in [-0.05, 0) is 51.8 Å². The molecule has 0 fully saturated rings. The summed E-state index contributed by atoms with van der Waals surface area (Å²) in [5, 5.41) is 5.52. The van der Waals surface area contributed by atoms with Gasteiger partial charge in [0.2, 0.25) is 5.91 Å². The fourth-order valence-electron chi connectivity index (χ4n) is 2.01. The van der Waals surface area contributed by atoms with E-state index in [2.05, 4.69) is 10.6 Å². The topological polar surface area (TPSA) is 67.4 Å². The third-order valence-corrected chi connectivity index (χ3v) is 3.75. The average molecular weight is 393 g/mol. The highest BCUT2D eigenvalue weighted by molar-refractivity contribution is 6.35. The summed E-state index contributed by atoms with van der Waals surface area (Å²) in [6.07, 6.45) is 0.124. The zero-order valence-corrected chi connectivity index (χ0v) is 16.2. The summed E-state index contributed by atoms with van der Waals surface area (Å²) in [6, 6.07) is 2.05. The van der Waals surface area contributed by atoms with Crippen LogP contribution in [0.25, 0.3) is 0 Å². The Labute approximate surface area is 157 Å². The second-order valence-electron chi connectivity index (χ2n) is 6.61. The monoisotopic (exact) mass is 392 g/mol. The third kappa shape index (κ3) is 7.92. The minimum absolute atomic E-state index is 0.0690. The molecule has 5 nitrogen and oxygen atoms in total. The maximum atomic E-state index is 13.5. The van der Waals surface area contributed by atoms with Crippen LogP contribution in [0.1, 0.15) is 52.1 Å². The predicted molar refractivity (Wildman–Crippen MR) is 96.4 cm³/mol. The summed E-state index contributed by atoms with van der Waals surface area (Å²) in [5.41, 5.74) is -0.118. The molecule has 0 heterocycles. The summed E-state index contributed by atoms with van der Waals surface area (Å²) in [4.78, 5) is 23.4. The number of amides is 2. The Bertz CT molecular complexity index is 633. The van der Waals surface area contributed by atoms with Crippen molar-refractivity contribution >= 4 is 35.2 Å². The van der Waals surface area contributed by atoms with Crippen LogP contribution in [0.3, 0.4) is 0 Å². The van der Waals surface area contributed by atoms with E-state index in [0.717, 1.165) is 0 Å². The third-order valence-electron chi connectivity index (χ3n) is 3.13. The van der Waals surface area contributed by atoms with Crippen molar-refractivity contribution in [3.05, 3.63) is 33.6 Å². The second-order valence-corrected chi connectivity index (χ2v) is 7.42. The van der Waals surface area contributed by atoms with Gasteiger partial charge in [-0.2, -0.15) is 0 Å². The van der Waals surface area contributed by atoms with Gasteiger partial charge in [-0.3, -0.25) is 4.79 Å². The molecule has 25 heavy (non-hydrogen) atoms. The first-order valence-electron chi connectivity index (χ1n) is 7.90. The number of benzene rings is 1. The molecule has 1 rings (SSSR count). The molecule has 0 unspecified atom stereocenters. The Kier molecular flexibility index (Phi) is 7.96. The fourth-order valence-corrected chi connectivity index (χ4v) is 2.56. The van der Waals surface area contributed by atoms with Crippen molar-refractivity contribution in [3.8, 4) is 0 Å². The lowest BCUT2D eigenvalue weighted by Crippen LogP contribution is -2.33. The molecule has 0 radical (unpaired) electrons. The Morgan fingerprint density at radius 2 is 1.88 bits per heavy atom. The van der Waals surface area contributed by atoms with Gasteiger partial charge < -0.3 is 15.4 Å². The summed E-state index contributed by atoms with van der Waals surface area (Å²) < 4.78 is 18.6. The Hall–Kier alpha value is -1.53. The van der Waals surface area contributed by atoms with E-state index in [4.69, 9.17) is 27.9 Å². The van der Waals surface area contributed by atoms with Gasteiger partial charge in [0.1, 0.15) is 11.4 Å². The van der Waals surface area contributed by atoms with Crippen molar-refractivity contribution in [2.45, 2.75) is 52.2 Å². The molecule has 1 atom stereocenters. The van der Waals surface area contributed by atoms with Crippen LogP contribution in [0.4, 0.5) is 9.18 Å². The van der Waals surface area contributed by atoms with Gasteiger partial charge in [0, 0.05) is 18.0 Å². The number of hydrogen-bond acceptors (Lipinski definition) is 3. The van der Waals surface area contributed by atoms with Crippen LogP contribution in [-0.2, 0) is 9.53 Å². The first-order chi connectivity index (χ1) is 11.5. The molecule has 2 N–H and O–H groups in total. The van der Waals surface area contributed by atoms with Gasteiger partial charge in [-0.15, -0.1) is 0 Å². The molecule has 0 bridgehead atoms. The van der Waals surface area contributed by atoms with Crippen molar-refractivity contribution in [1.29, 1.82) is 0 Å². The van der Waals surface area contributed by atoms with Crippen molar-refractivity contribution in [3.63, 3.8) is 0 Å². The van der Waals surface area contributed by atoms with Gasteiger partial charge >= 0.3 is 6.09 Å². The lowest BCUT2D eigenvalue weighted by molar-refractivity contribution is -0.121. The van der Waals surface area contributed by atoms with Crippen LogP contribution in [-0.4, -0.2) is 24.1 Å². The van der Waals surface area contributed by atoms with E-state index in [0.29, 0.717) is 18.5 Å². The Balaban J connectivity index is 2.40. The number of carbonyl (C=O) groups excluding carboxylic acids is 2. The molecule has 2 amide bonds. The number of carbonyl (C=O) groups is 2. The molecule has 0 aromatic heterocycles. The van der Waals surface area contributed by atoms with Crippen molar-refractivity contribution in [1.82, 2.24) is 10.6 Å². The first kappa shape index (κ1) is 21.5. The average Bonchev–Trinajstić information content (AvgIpc) is 2.45. The molecule has 0 saturated carbocycles. The van der Waals surface area contributed by atoms with E-state index in [-0.39, 0.29) is 22.4 Å². The van der Waals surface area contributed by atoms with E-state index in [1.165, 1.54) is 12.1 Å². The second kappa shape index (κ2) is 9.25. The largest absolute Gasteiger partial charge is 0.444 e. The van der Waals surface area contributed by atoms with E-state index >= 15 is 0 Å². The molecular formula is C17H23Cl2FN2O3. The lowest BCUT2D eigenvalue weighted by atomic mass is 10.1. The first-order valence-corrected chi connectivity index (χ1v) is 8.66. The minimum Gasteiger partial charge on any atom is -0.444 e. The van der Waals surface area contributed by atoms with E-state index in [1.54, 1.807) is 27.7 Å². The SMILES string of the molecule is C[C@H](NC(=O)CCCNC(=O)OC(C)(C)C)c1cc(F)c(Cl)cc1Cl. The normalized spacial score (nSPS) is 12.4. The highest BCUT2D eigenvalue weighted by Gasteiger charge is 2.17. The number of ether oxygens (including phenoxy) is 1. The van der Waals surface area contributed by atoms with Crippen LogP contribution in [0.15, 0.2) is 12.1 Å². The number of halogens is 3. The van der Waals surface area contributed by atoms with Crippen LogP contribution >= 0.6 is 23.2 Å². The molecule has 0 spiro atoms. The molecular weight excluding hydrogens is 370 g/mol. The summed E-state index contributed by atoms with van der Waals surface area (Å²) >= 11 is 11.7. The predicted octanol–water partition coefficient (Wildman–Crippen LogP) is 4.61. The van der Waals surface area contributed by atoms with Gasteiger partial charge in [-0.25, -0.2) is 9.18 Å². The van der Waals surface area contributed by atoms with Gasteiger partial charge in [0.05, 0.1) is 11.1 Å². The smallest absolute Gasteiger partial charge is 0.407 e. The number of hydrogen-bond donors (Lipinski definition) is 2. The molecule has 1 aromatic rings. The Morgan fingerprint density at radius 3 is 2.48 bits per heavy atom. The summed E-state index contributed by atoms with van der Waals surface area (Å²) in [7, 11) is 0. The molecule has 0 aliphatic carbocycles. The molecule has 0 aliphatic rings. The molecule has 1 aromatic carbocycles. The van der Waals surface area contributed by atoms with Gasteiger partial charge in [0.25, 0.3) is 0 Å². The van der Waals surface area contributed by atoms with E-state index < -0.39 is 23.6 Å². The molecule has 0 aliphatic heterocycles. The maximum absolute atomic E-state index is 13.5. The quantitative estimate of drug-likeness (QED) is 0.548. The van der Waals surface area contributed by atoms with Crippen LogP contribution in [0, 0.1) is 5.82 Å². The zero-order chi connectivity index (χ0) is 19.2. The van der Waals surface area contributed by atoms with E-state index in [9.17, 15) is 14.0 Å². The highest BCUT2D eigenvalue weighted by atomic mass is 35.5. The van der Waals surface area contributed by atoms with E-state index in [1.807, 2.05) is 0 Å². The molecule has 8 heteroatoms. The summed E-state index contributed by atoms with van der Waals surface area (Å²) in [5.74, 6) is -0.825. The Morgan fingerprint density at radius 1 is 1.24 bits per heavy atom. The van der Waals surface area contributed by atoms with Crippen molar-refractivity contribution < 1.29 is 18.7 Å². The summed E-state index contributed by atoms with van der Waals surface area (Å²) in [6.45, 7) is 7.32. The number of nitrogens with one attached hydrogen (secondary N) is 2. The molecule has 140 valence electrons. The maximum Gasteiger partial charge on any atom is 0.407 e. The standard InChI is InChI=1S/C17H23Cl2FN2O3/c1-10(11-8-14(20)13(19)9-12(11)18)22-15(23)6-5-7-21-16(24)25-17(2,3)4/h8-10H,5-7H2,1-4H3,(H,21,24)(H,22,23)/t10-/m0/s1. The van der Waals surface area contributed by atoms with Crippen molar-refractivity contribution in [2.75, 3.05) is 6.54 Å². The van der Waals surface area contributed by atoms with Crippen LogP contribution < -0.4 is 10.6 Å². The van der Waals surface area contributed by atoms with Crippen LogP contribution in [0.5, 0.6) is 0 Å². The zero-order valence-electron chi connectivity index (χ0n) is 14.7. The van der Waals surface area contributed by atoms with Crippen LogP contribution in [0.2, 0.25) is 10.0 Å². The van der Waals surface area contributed by atoms with Gasteiger partial charge in [-0.1, -0.05) is 23.2 Å². The fraction of sp³-hybridized carbons (Fsp3) is 0.529. The molecule has 0 saturated heterocycles. The van der Waals surface area contributed by atoms with Crippen molar-refractivity contribution in [2.24, 2.45) is 0 Å². The van der Waals surface area contributed by atoms with Gasteiger partial charge in [0.15, 0.2) is 0 Å². The lowest BCUT2D eigenvalue weighted by Gasteiger charge is -2.19. The number of rotatable bonds is 6.